The summed E-state index contributed by atoms with van der Waals surface area (Å²) in [4.78, 5) is 4.11. The van der Waals surface area contributed by atoms with Gasteiger partial charge in [0, 0.05) is 38.6 Å². The molecule has 0 fully saturated rings. The standard InChI is InChI=1S/C16H26FN3O3S/c1-12(7-8-24(4,21)22)20-16(18-2)19-10-13-5-6-15(17)14(9-13)11-23-3/h5-6,9,12H,7-8,10-11H2,1-4H3,(H2,18,19,20). The van der Waals surface area contributed by atoms with Gasteiger partial charge in [0.25, 0.3) is 0 Å². The summed E-state index contributed by atoms with van der Waals surface area (Å²) in [5.74, 6) is 0.391. The molecular weight excluding hydrogens is 333 g/mol. The normalized spacial score (nSPS) is 13.6. The summed E-state index contributed by atoms with van der Waals surface area (Å²) in [5.41, 5.74) is 1.40. The predicted molar refractivity (Wildman–Crippen MR) is 94.2 cm³/mol. The molecule has 0 aliphatic heterocycles. The van der Waals surface area contributed by atoms with E-state index in [0.717, 1.165) is 5.56 Å². The predicted octanol–water partition coefficient (Wildman–Crippen LogP) is 1.46. The zero-order valence-electron chi connectivity index (χ0n) is 14.6. The smallest absolute Gasteiger partial charge is 0.191 e. The lowest BCUT2D eigenvalue weighted by Crippen LogP contribution is -2.42. The summed E-state index contributed by atoms with van der Waals surface area (Å²) < 4.78 is 41.0. The van der Waals surface area contributed by atoms with Crippen LogP contribution in [0.4, 0.5) is 4.39 Å². The van der Waals surface area contributed by atoms with Gasteiger partial charge in [0.2, 0.25) is 0 Å². The number of hydrogen-bond donors (Lipinski definition) is 2. The van der Waals surface area contributed by atoms with Gasteiger partial charge in [-0.1, -0.05) is 6.07 Å². The van der Waals surface area contributed by atoms with Crippen molar-refractivity contribution in [1.29, 1.82) is 0 Å². The molecule has 1 atom stereocenters. The number of sulfone groups is 1. The van der Waals surface area contributed by atoms with Crippen LogP contribution in [0.5, 0.6) is 0 Å². The first-order valence-electron chi connectivity index (χ1n) is 7.66. The van der Waals surface area contributed by atoms with Gasteiger partial charge in [0.1, 0.15) is 15.7 Å². The van der Waals surface area contributed by atoms with Gasteiger partial charge in [-0.15, -0.1) is 0 Å². The van der Waals surface area contributed by atoms with E-state index in [2.05, 4.69) is 15.6 Å². The van der Waals surface area contributed by atoms with Crippen LogP contribution in [0, 0.1) is 5.82 Å². The van der Waals surface area contributed by atoms with Crippen molar-refractivity contribution >= 4 is 15.8 Å². The van der Waals surface area contributed by atoms with E-state index in [1.165, 1.54) is 19.4 Å². The summed E-state index contributed by atoms with van der Waals surface area (Å²) >= 11 is 0. The number of halogens is 1. The van der Waals surface area contributed by atoms with Gasteiger partial charge < -0.3 is 15.4 Å². The molecule has 136 valence electrons. The molecule has 0 aromatic heterocycles. The number of methoxy groups -OCH3 is 1. The van der Waals surface area contributed by atoms with E-state index in [-0.39, 0.29) is 24.2 Å². The molecule has 0 spiro atoms. The molecule has 1 aromatic rings. The fraction of sp³-hybridized carbons (Fsp3) is 0.562. The zero-order valence-corrected chi connectivity index (χ0v) is 15.4. The minimum atomic E-state index is -2.98. The van der Waals surface area contributed by atoms with Gasteiger partial charge in [-0.25, -0.2) is 12.8 Å². The Morgan fingerprint density at radius 3 is 2.71 bits per heavy atom. The summed E-state index contributed by atoms with van der Waals surface area (Å²) in [7, 11) is 0.181. The van der Waals surface area contributed by atoms with E-state index in [9.17, 15) is 12.8 Å². The number of rotatable bonds is 8. The van der Waals surface area contributed by atoms with Crippen molar-refractivity contribution in [3.63, 3.8) is 0 Å². The van der Waals surface area contributed by atoms with Crippen molar-refractivity contribution in [3.8, 4) is 0 Å². The van der Waals surface area contributed by atoms with Crippen LogP contribution in [-0.4, -0.2) is 46.6 Å². The van der Waals surface area contributed by atoms with Crippen LogP contribution in [0.25, 0.3) is 0 Å². The van der Waals surface area contributed by atoms with E-state index >= 15 is 0 Å². The van der Waals surface area contributed by atoms with Crippen molar-refractivity contribution in [3.05, 3.63) is 35.1 Å². The monoisotopic (exact) mass is 359 g/mol. The Hall–Kier alpha value is -1.67. The SMILES string of the molecule is CN=C(NCc1ccc(F)c(COC)c1)NC(C)CCS(C)(=O)=O. The van der Waals surface area contributed by atoms with Crippen LogP contribution >= 0.6 is 0 Å². The van der Waals surface area contributed by atoms with E-state index < -0.39 is 9.84 Å². The highest BCUT2D eigenvalue weighted by Gasteiger charge is 2.10. The van der Waals surface area contributed by atoms with Crippen LogP contribution in [0.2, 0.25) is 0 Å². The first kappa shape index (κ1) is 20.4. The molecule has 0 aliphatic rings. The summed E-state index contributed by atoms with van der Waals surface area (Å²) in [5, 5.41) is 6.27. The molecule has 2 N–H and O–H groups in total. The number of ether oxygens (including phenoxy) is 1. The summed E-state index contributed by atoms with van der Waals surface area (Å²) in [6.07, 6.45) is 1.72. The number of nitrogens with zero attached hydrogens (tertiary/aromatic N) is 1. The molecule has 0 saturated heterocycles. The van der Waals surface area contributed by atoms with Crippen molar-refractivity contribution in [2.45, 2.75) is 32.5 Å². The maximum Gasteiger partial charge on any atom is 0.191 e. The van der Waals surface area contributed by atoms with E-state index in [1.54, 1.807) is 19.2 Å². The molecule has 1 unspecified atom stereocenters. The highest BCUT2D eigenvalue weighted by Crippen LogP contribution is 2.11. The first-order chi connectivity index (χ1) is 11.2. The maximum absolute atomic E-state index is 13.6. The van der Waals surface area contributed by atoms with Gasteiger partial charge >= 0.3 is 0 Å². The van der Waals surface area contributed by atoms with Gasteiger partial charge in [-0.3, -0.25) is 4.99 Å². The van der Waals surface area contributed by atoms with Crippen LogP contribution in [-0.2, 0) is 27.7 Å². The topological polar surface area (TPSA) is 79.8 Å². The van der Waals surface area contributed by atoms with Crippen LogP contribution in [0.15, 0.2) is 23.2 Å². The Morgan fingerprint density at radius 1 is 1.42 bits per heavy atom. The second-order valence-corrected chi connectivity index (χ2v) is 8.01. The lowest BCUT2D eigenvalue weighted by molar-refractivity contribution is 0.181. The van der Waals surface area contributed by atoms with Crippen molar-refractivity contribution in [1.82, 2.24) is 10.6 Å². The van der Waals surface area contributed by atoms with Crippen molar-refractivity contribution in [2.75, 3.05) is 26.2 Å². The Balaban J connectivity index is 2.56. The largest absolute Gasteiger partial charge is 0.380 e. The maximum atomic E-state index is 13.6. The van der Waals surface area contributed by atoms with Gasteiger partial charge in [-0.2, -0.15) is 0 Å². The van der Waals surface area contributed by atoms with Crippen LogP contribution in [0.3, 0.4) is 0 Å². The molecule has 0 aliphatic carbocycles. The third-order valence-electron chi connectivity index (χ3n) is 3.40. The Bertz CT molecular complexity index is 663. The summed E-state index contributed by atoms with van der Waals surface area (Å²) in [6.45, 7) is 2.58. The first-order valence-corrected chi connectivity index (χ1v) is 9.72. The quantitative estimate of drug-likeness (QED) is 0.543. The fourth-order valence-corrected chi connectivity index (χ4v) is 2.86. The number of benzene rings is 1. The van der Waals surface area contributed by atoms with Gasteiger partial charge in [0.15, 0.2) is 5.96 Å². The lowest BCUT2D eigenvalue weighted by atomic mass is 10.1. The molecule has 0 amide bonds. The number of aliphatic imine (C=N–C) groups is 1. The molecule has 0 bridgehead atoms. The van der Waals surface area contributed by atoms with Crippen LogP contribution < -0.4 is 10.6 Å². The average Bonchev–Trinajstić information content (AvgIpc) is 2.51. The highest BCUT2D eigenvalue weighted by molar-refractivity contribution is 7.90. The van der Waals surface area contributed by atoms with Crippen molar-refractivity contribution < 1.29 is 17.5 Å². The van der Waals surface area contributed by atoms with Gasteiger partial charge in [-0.05, 0) is 31.0 Å². The molecule has 0 heterocycles. The molecule has 24 heavy (non-hydrogen) atoms. The number of guanidine groups is 1. The summed E-state index contributed by atoms with van der Waals surface area (Å²) in [6, 6.07) is 4.81. The molecule has 6 nitrogen and oxygen atoms in total. The molecule has 0 saturated carbocycles. The van der Waals surface area contributed by atoms with E-state index in [4.69, 9.17) is 4.74 Å². The fourth-order valence-electron chi connectivity index (χ4n) is 2.08. The average molecular weight is 359 g/mol. The Kier molecular flexibility index (Phi) is 8.14. The Labute approximate surface area is 143 Å². The Morgan fingerprint density at radius 2 is 2.12 bits per heavy atom. The lowest BCUT2D eigenvalue weighted by Gasteiger charge is -2.18. The number of nitrogens with one attached hydrogen (secondary N) is 2. The van der Waals surface area contributed by atoms with Gasteiger partial charge in [0.05, 0.1) is 12.4 Å². The zero-order chi connectivity index (χ0) is 18.2. The second kappa shape index (κ2) is 9.58. The molecule has 1 aromatic carbocycles. The second-order valence-electron chi connectivity index (χ2n) is 5.75. The van der Waals surface area contributed by atoms with Crippen LogP contribution in [0.1, 0.15) is 24.5 Å². The van der Waals surface area contributed by atoms with E-state index in [1.807, 2.05) is 6.92 Å². The molecular formula is C16H26FN3O3S. The molecule has 0 radical (unpaired) electrons. The molecule has 8 heteroatoms. The minimum Gasteiger partial charge on any atom is -0.380 e. The molecule has 1 rings (SSSR count). The highest BCUT2D eigenvalue weighted by atomic mass is 32.2. The minimum absolute atomic E-state index is 0.0387. The van der Waals surface area contributed by atoms with E-state index in [0.29, 0.717) is 24.5 Å². The number of hydrogen-bond acceptors (Lipinski definition) is 4. The third kappa shape index (κ3) is 7.74. The third-order valence-corrected chi connectivity index (χ3v) is 4.38. The van der Waals surface area contributed by atoms with Crippen molar-refractivity contribution in [2.24, 2.45) is 4.99 Å².